The summed E-state index contributed by atoms with van der Waals surface area (Å²) in [5, 5.41) is 4.40. The van der Waals surface area contributed by atoms with E-state index in [1.54, 1.807) is 0 Å². The van der Waals surface area contributed by atoms with E-state index in [4.69, 9.17) is 0 Å². The fourth-order valence-corrected chi connectivity index (χ4v) is 6.74. The first-order chi connectivity index (χ1) is 12.9. The Morgan fingerprint density at radius 3 is 1.85 bits per heavy atom. The standard InChI is InChI=1S/C23H28BNS2/c1-22(2)14-9-15-23(3,4)25(22)19-11-6-5-10-18(19)24(20-12-7-16-26-20)21-13-8-17-27-21/h5-8,10-13,16-17H,9,14-15H2,1-4H3. The molecule has 0 aliphatic carbocycles. The van der Waals surface area contributed by atoms with Crippen molar-refractivity contribution < 1.29 is 0 Å². The van der Waals surface area contributed by atoms with E-state index in [0.717, 1.165) is 0 Å². The largest absolute Gasteiger partial charge is 0.362 e. The first kappa shape index (κ1) is 18.8. The summed E-state index contributed by atoms with van der Waals surface area (Å²) < 4.78 is 2.86. The fourth-order valence-electron chi connectivity index (χ4n) is 4.94. The van der Waals surface area contributed by atoms with Gasteiger partial charge in [0.2, 0.25) is 0 Å². The van der Waals surface area contributed by atoms with Crippen molar-refractivity contribution in [1.29, 1.82) is 0 Å². The van der Waals surface area contributed by atoms with Crippen LogP contribution in [-0.4, -0.2) is 17.8 Å². The van der Waals surface area contributed by atoms with E-state index in [9.17, 15) is 0 Å². The molecule has 3 aromatic rings. The van der Waals surface area contributed by atoms with Crippen molar-refractivity contribution >= 4 is 50.1 Å². The van der Waals surface area contributed by atoms with Crippen molar-refractivity contribution in [3.63, 3.8) is 0 Å². The van der Waals surface area contributed by atoms with Gasteiger partial charge in [0.15, 0.2) is 0 Å². The second-order valence-corrected chi connectivity index (χ2v) is 10.8. The first-order valence-corrected chi connectivity index (χ1v) is 11.6. The molecule has 4 rings (SSSR count). The van der Waals surface area contributed by atoms with Crippen LogP contribution in [0, 0.1) is 0 Å². The summed E-state index contributed by atoms with van der Waals surface area (Å²) in [5.41, 5.74) is 3.16. The van der Waals surface area contributed by atoms with Gasteiger partial charge in [-0.3, -0.25) is 0 Å². The minimum atomic E-state index is 0.160. The molecule has 27 heavy (non-hydrogen) atoms. The molecule has 1 aromatic carbocycles. The van der Waals surface area contributed by atoms with Gasteiger partial charge in [-0.1, -0.05) is 42.5 Å². The molecule has 1 nitrogen and oxygen atoms in total. The average molecular weight is 393 g/mol. The molecule has 0 atom stereocenters. The minimum Gasteiger partial charge on any atom is -0.362 e. The minimum absolute atomic E-state index is 0.160. The van der Waals surface area contributed by atoms with Crippen molar-refractivity contribution in [2.24, 2.45) is 0 Å². The molecule has 140 valence electrons. The summed E-state index contributed by atoms with van der Waals surface area (Å²) in [6, 6.07) is 18.0. The van der Waals surface area contributed by atoms with Crippen LogP contribution in [0.15, 0.2) is 59.3 Å². The molecule has 0 amide bonds. The van der Waals surface area contributed by atoms with E-state index in [0.29, 0.717) is 6.71 Å². The van der Waals surface area contributed by atoms with Crippen molar-refractivity contribution in [2.45, 2.75) is 58.0 Å². The van der Waals surface area contributed by atoms with E-state index < -0.39 is 0 Å². The second kappa shape index (κ2) is 7.14. The van der Waals surface area contributed by atoms with Gasteiger partial charge in [0.25, 0.3) is 6.71 Å². The molecule has 0 N–H and O–H groups in total. The molecule has 3 heterocycles. The molecule has 0 saturated carbocycles. The van der Waals surface area contributed by atoms with Crippen molar-refractivity contribution in [1.82, 2.24) is 0 Å². The highest BCUT2D eigenvalue weighted by molar-refractivity contribution is 7.33. The number of hydrogen-bond acceptors (Lipinski definition) is 3. The van der Waals surface area contributed by atoms with Crippen LogP contribution in [0.5, 0.6) is 0 Å². The zero-order valence-electron chi connectivity index (χ0n) is 16.7. The third-order valence-electron chi connectivity index (χ3n) is 5.93. The Balaban J connectivity index is 1.90. The van der Waals surface area contributed by atoms with E-state index in [2.05, 4.69) is 91.9 Å². The Hall–Kier alpha value is -1.52. The van der Waals surface area contributed by atoms with Crippen LogP contribution >= 0.6 is 22.7 Å². The Labute approximate surface area is 172 Å². The van der Waals surface area contributed by atoms with Crippen LogP contribution in [-0.2, 0) is 0 Å². The van der Waals surface area contributed by atoms with Crippen LogP contribution in [0.4, 0.5) is 5.69 Å². The molecule has 1 aliphatic heterocycles. The summed E-state index contributed by atoms with van der Waals surface area (Å²) in [7, 11) is 0. The van der Waals surface area contributed by atoms with Gasteiger partial charge in [-0.05, 0) is 78.8 Å². The summed E-state index contributed by atoms with van der Waals surface area (Å²) in [6.07, 6.45) is 3.79. The van der Waals surface area contributed by atoms with Gasteiger partial charge in [0.1, 0.15) is 0 Å². The predicted molar refractivity (Wildman–Crippen MR) is 124 cm³/mol. The van der Waals surface area contributed by atoms with E-state index in [1.807, 2.05) is 22.7 Å². The number of para-hydroxylation sites is 1. The van der Waals surface area contributed by atoms with Crippen LogP contribution in [0.1, 0.15) is 47.0 Å². The second-order valence-electron chi connectivity index (χ2n) is 8.84. The lowest BCUT2D eigenvalue weighted by atomic mass is 9.42. The first-order valence-electron chi connectivity index (χ1n) is 9.86. The molecule has 0 unspecified atom stereocenters. The van der Waals surface area contributed by atoms with E-state index >= 15 is 0 Å². The molecular weight excluding hydrogens is 365 g/mol. The number of thiophene rings is 2. The Bertz CT molecular complexity index is 831. The normalized spacial score (nSPS) is 18.4. The summed E-state index contributed by atoms with van der Waals surface area (Å²) in [4.78, 5) is 2.72. The lowest BCUT2D eigenvalue weighted by Gasteiger charge is -2.55. The predicted octanol–water partition coefficient (Wildman–Crippen LogP) is 4.87. The number of benzene rings is 1. The van der Waals surface area contributed by atoms with Gasteiger partial charge in [-0.15, -0.1) is 0 Å². The van der Waals surface area contributed by atoms with Crippen LogP contribution in [0.25, 0.3) is 0 Å². The lowest BCUT2D eigenvalue weighted by molar-refractivity contribution is 0.244. The van der Waals surface area contributed by atoms with Gasteiger partial charge in [-0.2, -0.15) is 22.7 Å². The van der Waals surface area contributed by atoms with Gasteiger partial charge >= 0.3 is 0 Å². The zero-order chi connectivity index (χ0) is 19.1. The monoisotopic (exact) mass is 393 g/mol. The highest BCUT2D eigenvalue weighted by Crippen LogP contribution is 2.41. The van der Waals surface area contributed by atoms with Gasteiger partial charge < -0.3 is 4.90 Å². The molecule has 2 aromatic heterocycles. The zero-order valence-corrected chi connectivity index (χ0v) is 18.4. The van der Waals surface area contributed by atoms with Crippen molar-refractivity contribution in [2.75, 3.05) is 4.90 Å². The number of rotatable bonds is 4. The molecule has 4 heteroatoms. The topological polar surface area (TPSA) is 3.24 Å². The van der Waals surface area contributed by atoms with E-state index in [-0.39, 0.29) is 11.1 Å². The van der Waals surface area contributed by atoms with Crippen LogP contribution < -0.4 is 19.9 Å². The summed E-state index contributed by atoms with van der Waals surface area (Å²) in [5.74, 6) is 0. The summed E-state index contributed by atoms with van der Waals surface area (Å²) in [6.45, 7) is 9.97. The van der Waals surface area contributed by atoms with Gasteiger partial charge in [0, 0.05) is 16.8 Å². The Kier molecular flexibility index (Phi) is 4.98. The molecule has 1 fully saturated rings. The quantitative estimate of drug-likeness (QED) is 0.572. The third-order valence-corrected chi connectivity index (χ3v) is 7.81. The highest BCUT2D eigenvalue weighted by atomic mass is 32.1. The smallest absolute Gasteiger partial charge is 0.268 e. The average Bonchev–Trinajstić information content (AvgIpc) is 3.29. The Morgan fingerprint density at radius 2 is 1.33 bits per heavy atom. The van der Waals surface area contributed by atoms with Crippen LogP contribution in [0.2, 0.25) is 0 Å². The van der Waals surface area contributed by atoms with Gasteiger partial charge in [-0.25, -0.2) is 0 Å². The number of nitrogens with zero attached hydrogens (tertiary/aromatic N) is 1. The molecular formula is C23H28BNS2. The van der Waals surface area contributed by atoms with Crippen molar-refractivity contribution in [3.8, 4) is 0 Å². The lowest BCUT2D eigenvalue weighted by Crippen LogP contribution is -2.62. The van der Waals surface area contributed by atoms with Crippen LogP contribution in [0.3, 0.4) is 0 Å². The number of piperidine rings is 1. The maximum Gasteiger partial charge on any atom is 0.268 e. The SMILES string of the molecule is CC1(C)CCCC(C)(C)N1c1ccccc1B(c1cccs1)c1cccs1. The maximum absolute atomic E-state index is 2.72. The fraction of sp³-hybridized carbons (Fsp3) is 0.391. The third kappa shape index (κ3) is 3.50. The van der Waals surface area contributed by atoms with Gasteiger partial charge in [0.05, 0.1) is 0 Å². The van der Waals surface area contributed by atoms with Crippen molar-refractivity contribution in [3.05, 3.63) is 59.3 Å². The Morgan fingerprint density at radius 1 is 0.778 bits per heavy atom. The number of hydrogen-bond donors (Lipinski definition) is 0. The number of anilines is 1. The maximum atomic E-state index is 2.72. The highest BCUT2D eigenvalue weighted by Gasteiger charge is 2.43. The molecule has 0 bridgehead atoms. The molecule has 1 aliphatic rings. The summed E-state index contributed by atoms with van der Waals surface area (Å²) >= 11 is 3.73. The molecule has 1 saturated heterocycles. The molecule has 0 radical (unpaired) electrons. The van der Waals surface area contributed by atoms with E-state index in [1.165, 1.54) is 40.0 Å². The molecule has 0 spiro atoms.